The first-order valence-corrected chi connectivity index (χ1v) is 11.1. The Labute approximate surface area is 171 Å². The van der Waals surface area contributed by atoms with E-state index in [-0.39, 0.29) is 4.90 Å². The lowest BCUT2D eigenvalue weighted by Gasteiger charge is -2.26. The SMILES string of the molecule is O=S(=O)(c1ccc(-c2ccc(OCCN3CCOCC3)cc2)cc1)n1cccc1. The smallest absolute Gasteiger partial charge is 0.267 e. The van der Waals surface area contributed by atoms with Crippen LogP contribution < -0.4 is 4.74 Å². The molecule has 1 aliphatic heterocycles. The summed E-state index contributed by atoms with van der Waals surface area (Å²) in [6.45, 7) is 5.03. The van der Waals surface area contributed by atoms with Gasteiger partial charge in [0.1, 0.15) is 12.4 Å². The molecule has 0 saturated carbocycles. The molecular weight excluding hydrogens is 388 g/mol. The van der Waals surface area contributed by atoms with Crippen molar-refractivity contribution in [2.75, 3.05) is 39.5 Å². The molecule has 0 spiro atoms. The molecule has 0 aliphatic carbocycles. The molecule has 0 atom stereocenters. The summed E-state index contributed by atoms with van der Waals surface area (Å²) in [4.78, 5) is 2.60. The second kappa shape index (κ2) is 8.82. The first kappa shape index (κ1) is 19.7. The van der Waals surface area contributed by atoms with Crippen LogP contribution >= 0.6 is 0 Å². The van der Waals surface area contributed by atoms with E-state index < -0.39 is 10.0 Å². The van der Waals surface area contributed by atoms with E-state index in [1.165, 1.54) is 16.4 Å². The van der Waals surface area contributed by atoms with Crippen LogP contribution in [0.15, 0.2) is 78.0 Å². The molecule has 3 aromatic rings. The average Bonchev–Trinajstić information content (AvgIpc) is 3.31. The molecule has 1 aromatic heterocycles. The van der Waals surface area contributed by atoms with E-state index in [4.69, 9.17) is 9.47 Å². The summed E-state index contributed by atoms with van der Waals surface area (Å²) in [7, 11) is -3.54. The third kappa shape index (κ3) is 4.70. The summed E-state index contributed by atoms with van der Waals surface area (Å²) in [6, 6.07) is 18.2. The zero-order valence-electron chi connectivity index (χ0n) is 16.1. The Morgan fingerprint density at radius 1 is 0.862 bits per heavy atom. The topological polar surface area (TPSA) is 60.8 Å². The van der Waals surface area contributed by atoms with Gasteiger partial charge in [0.15, 0.2) is 0 Å². The number of benzene rings is 2. The molecule has 0 radical (unpaired) electrons. The quantitative estimate of drug-likeness (QED) is 0.597. The molecule has 1 saturated heterocycles. The highest BCUT2D eigenvalue weighted by Crippen LogP contribution is 2.24. The lowest BCUT2D eigenvalue weighted by Crippen LogP contribution is -2.38. The average molecular weight is 413 g/mol. The normalized spacial score (nSPS) is 15.3. The number of rotatable bonds is 7. The summed E-state index contributed by atoms with van der Waals surface area (Å²) >= 11 is 0. The number of ether oxygens (including phenoxy) is 2. The predicted octanol–water partition coefficient (Wildman–Crippen LogP) is 3.10. The predicted molar refractivity (Wildman–Crippen MR) is 112 cm³/mol. The highest BCUT2D eigenvalue weighted by molar-refractivity contribution is 7.90. The van der Waals surface area contributed by atoms with Crippen molar-refractivity contribution < 1.29 is 17.9 Å². The van der Waals surface area contributed by atoms with Gasteiger partial charge in [-0.15, -0.1) is 0 Å². The molecule has 1 aliphatic rings. The van der Waals surface area contributed by atoms with Crippen molar-refractivity contribution in [1.29, 1.82) is 0 Å². The van der Waals surface area contributed by atoms with Gasteiger partial charge in [0.25, 0.3) is 10.0 Å². The van der Waals surface area contributed by atoms with Crippen LogP contribution in [-0.4, -0.2) is 56.7 Å². The Kier molecular flexibility index (Phi) is 5.99. The van der Waals surface area contributed by atoms with Gasteiger partial charge in [-0.25, -0.2) is 12.4 Å². The van der Waals surface area contributed by atoms with E-state index in [9.17, 15) is 8.42 Å². The molecule has 6 nitrogen and oxygen atoms in total. The van der Waals surface area contributed by atoms with Crippen molar-refractivity contribution in [3.05, 3.63) is 73.1 Å². The summed E-state index contributed by atoms with van der Waals surface area (Å²) < 4.78 is 37.5. The summed E-state index contributed by atoms with van der Waals surface area (Å²) in [5.74, 6) is 0.828. The van der Waals surface area contributed by atoms with Crippen LogP contribution in [0, 0.1) is 0 Å². The van der Waals surface area contributed by atoms with Gasteiger partial charge in [0.05, 0.1) is 18.1 Å². The van der Waals surface area contributed by atoms with Gasteiger partial charge in [-0.2, -0.15) is 0 Å². The molecule has 0 bridgehead atoms. The van der Waals surface area contributed by atoms with Gasteiger partial charge in [0, 0.05) is 32.0 Å². The number of hydrogen-bond acceptors (Lipinski definition) is 5. The highest BCUT2D eigenvalue weighted by Gasteiger charge is 2.15. The maximum Gasteiger partial charge on any atom is 0.267 e. The van der Waals surface area contributed by atoms with Crippen molar-refractivity contribution >= 4 is 10.0 Å². The van der Waals surface area contributed by atoms with Gasteiger partial charge in [-0.05, 0) is 47.5 Å². The first-order chi connectivity index (χ1) is 14.1. The number of nitrogens with zero attached hydrogens (tertiary/aromatic N) is 2. The fourth-order valence-electron chi connectivity index (χ4n) is 3.28. The van der Waals surface area contributed by atoms with E-state index in [0.717, 1.165) is 49.7 Å². The number of aromatic nitrogens is 1. The Morgan fingerprint density at radius 3 is 2.07 bits per heavy atom. The zero-order chi connectivity index (χ0) is 20.1. The van der Waals surface area contributed by atoms with Crippen LogP contribution in [0.2, 0.25) is 0 Å². The van der Waals surface area contributed by atoms with Gasteiger partial charge in [-0.1, -0.05) is 24.3 Å². The highest BCUT2D eigenvalue weighted by atomic mass is 32.2. The first-order valence-electron chi connectivity index (χ1n) is 9.65. The van der Waals surface area contributed by atoms with Crippen molar-refractivity contribution in [3.63, 3.8) is 0 Å². The van der Waals surface area contributed by atoms with Gasteiger partial charge in [0.2, 0.25) is 0 Å². The third-order valence-corrected chi connectivity index (χ3v) is 6.64. The van der Waals surface area contributed by atoms with E-state index in [1.54, 1.807) is 24.3 Å². The molecule has 0 unspecified atom stereocenters. The monoisotopic (exact) mass is 412 g/mol. The molecule has 0 N–H and O–H groups in total. The Hall–Kier alpha value is -2.61. The minimum absolute atomic E-state index is 0.264. The molecule has 2 aromatic carbocycles. The standard InChI is InChI=1S/C22H24N2O4S/c25-29(26,24-11-1-2-12-24)22-9-5-20(6-10-22)19-3-7-21(8-4-19)28-18-15-23-13-16-27-17-14-23/h1-12H,13-18H2. The van der Waals surface area contributed by atoms with Crippen molar-refractivity contribution in [1.82, 2.24) is 8.87 Å². The van der Waals surface area contributed by atoms with E-state index in [1.807, 2.05) is 36.4 Å². The van der Waals surface area contributed by atoms with Crippen LogP contribution in [0.4, 0.5) is 0 Å². The van der Waals surface area contributed by atoms with Crippen molar-refractivity contribution in [3.8, 4) is 16.9 Å². The second-order valence-corrected chi connectivity index (χ2v) is 8.71. The summed E-state index contributed by atoms with van der Waals surface area (Å²) in [6.07, 6.45) is 3.06. The van der Waals surface area contributed by atoms with Crippen LogP contribution in [0.3, 0.4) is 0 Å². The largest absolute Gasteiger partial charge is 0.492 e. The van der Waals surface area contributed by atoms with Crippen molar-refractivity contribution in [2.24, 2.45) is 0 Å². The van der Waals surface area contributed by atoms with Crippen LogP contribution in [0.5, 0.6) is 5.75 Å². The van der Waals surface area contributed by atoms with Gasteiger partial charge in [-0.3, -0.25) is 4.90 Å². The summed E-state index contributed by atoms with van der Waals surface area (Å²) in [5, 5.41) is 0. The second-order valence-electron chi connectivity index (χ2n) is 6.87. The molecule has 1 fully saturated rings. The Morgan fingerprint density at radius 2 is 1.45 bits per heavy atom. The summed E-state index contributed by atoms with van der Waals surface area (Å²) in [5.41, 5.74) is 1.96. The van der Waals surface area contributed by atoms with Gasteiger partial charge >= 0.3 is 0 Å². The van der Waals surface area contributed by atoms with Gasteiger partial charge < -0.3 is 9.47 Å². The van der Waals surface area contributed by atoms with Crippen LogP contribution in [-0.2, 0) is 14.8 Å². The van der Waals surface area contributed by atoms with Crippen LogP contribution in [0.25, 0.3) is 11.1 Å². The molecule has 2 heterocycles. The number of morpholine rings is 1. The lowest BCUT2D eigenvalue weighted by atomic mass is 10.1. The molecule has 4 rings (SSSR count). The third-order valence-electron chi connectivity index (χ3n) is 4.97. The molecule has 7 heteroatoms. The lowest BCUT2D eigenvalue weighted by molar-refractivity contribution is 0.0322. The van der Waals surface area contributed by atoms with E-state index >= 15 is 0 Å². The fourth-order valence-corrected chi connectivity index (χ4v) is 4.47. The van der Waals surface area contributed by atoms with E-state index in [2.05, 4.69) is 4.90 Å². The molecular formula is C22H24N2O4S. The van der Waals surface area contributed by atoms with E-state index in [0.29, 0.717) is 6.61 Å². The van der Waals surface area contributed by atoms with Crippen molar-refractivity contribution in [2.45, 2.75) is 4.90 Å². The number of hydrogen-bond donors (Lipinski definition) is 0. The minimum atomic E-state index is -3.54. The molecule has 152 valence electrons. The minimum Gasteiger partial charge on any atom is -0.492 e. The zero-order valence-corrected chi connectivity index (χ0v) is 16.9. The Bertz CT molecular complexity index is 1010. The fraction of sp³-hybridized carbons (Fsp3) is 0.273. The Balaban J connectivity index is 1.37. The maximum absolute atomic E-state index is 12.5. The molecule has 29 heavy (non-hydrogen) atoms. The molecule has 0 amide bonds. The van der Waals surface area contributed by atoms with Crippen LogP contribution in [0.1, 0.15) is 0 Å². The maximum atomic E-state index is 12.5.